The van der Waals surface area contributed by atoms with Gasteiger partial charge in [0.1, 0.15) is 6.04 Å². The van der Waals surface area contributed by atoms with Crippen molar-refractivity contribution in [3.05, 3.63) is 35.9 Å². The molecule has 0 aliphatic carbocycles. The summed E-state index contributed by atoms with van der Waals surface area (Å²) in [4.78, 5) is 16.8. The van der Waals surface area contributed by atoms with Gasteiger partial charge in [-0.15, -0.1) is 0 Å². The van der Waals surface area contributed by atoms with Crippen molar-refractivity contribution in [1.29, 1.82) is 0 Å². The average Bonchev–Trinajstić information content (AvgIpc) is 2.58. The standard InChI is InChI=1S/C15H23N3O/c1-12-11-17(2)9-6-10-18(12)15(19)14(16)13-7-4-3-5-8-13/h3-5,7-8,12,14H,6,9-11,16H2,1-2H3/t12?,14-/m0/s1. The van der Waals surface area contributed by atoms with E-state index in [0.29, 0.717) is 0 Å². The monoisotopic (exact) mass is 261 g/mol. The number of rotatable bonds is 2. The summed E-state index contributed by atoms with van der Waals surface area (Å²) in [5, 5.41) is 0. The molecule has 104 valence electrons. The van der Waals surface area contributed by atoms with E-state index in [9.17, 15) is 4.79 Å². The molecule has 1 aromatic carbocycles. The van der Waals surface area contributed by atoms with Crippen molar-refractivity contribution in [1.82, 2.24) is 9.80 Å². The SMILES string of the molecule is CC1CN(C)CCCN1C(=O)[C@@H](N)c1ccccc1. The Bertz CT molecular complexity index is 421. The normalized spacial score (nSPS) is 22.9. The first-order chi connectivity index (χ1) is 9.09. The highest BCUT2D eigenvalue weighted by molar-refractivity contribution is 5.83. The fourth-order valence-corrected chi connectivity index (χ4v) is 2.68. The molecule has 4 nitrogen and oxygen atoms in total. The summed E-state index contributed by atoms with van der Waals surface area (Å²) >= 11 is 0. The topological polar surface area (TPSA) is 49.6 Å². The Morgan fingerprint density at radius 2 is 2.00 bits per heavy atom. The third-order valence-corrected chi connectivity index (χ3v) is 3.75. The zero-order valence-corrected chi connectivity index (χ0v) is 11.7. The van der Waals surface area contributed by atoms with E-state index in [1.165, 1.54) is 0 Å². The summed E-state index contributed by atoms with van der Waals surface area (Å²) in [5.74, 6) is 0.0361. The minimum atomic E-state index is -0.549. The minimum Gasteiger partial charge on any atom is -0.337 e. The molecule has 0 aromatic heterocycles. The number of nitrogens with zero attached hydrogens (tertiary/aromatic N) is 2. The third kappa shape index (κ3) is 3.33. The highest BCUT2D eigenvalue weighted by atomic mass is 16.2. The Kier molecular flexibility index (Phi) is 4.56. The van der Waals surface area contributed by atoms with Crippen LogP contribution in [-0.4, -0.2) is 48.4 Å². The van der Waals surface area contributed by atoms with Crippen LogP contribution < -0.4 is 5.73 Å². The van der Waals surface area contributed by atoms with E-state index in [4.69, 9.17) is 5.73 Å². The molecule has 0 bridgehead atoms. The van der Waals surface area contributed by atoms with Gasteiger partial charge in [-0.1, -0.05) is 30.3 Å². The minimum absolute atomic E-state index is 0.0361. The van der Waals surface area contributed by atoms with E-state index < -0.39 is 6.04 Å². The molecule has 2 rings (SSSR count). The van der Waals surface area contributed by atoms with Crippen molar-refractivity contribution in [2.45, 2.75) is 25.4 Å². The molecule has 2 N–H and O–H groups in total. The molecule has 1 heterocycles. The largest absolute Gasteiger partial charge is 0.337 e. The van der Waals surface area contributed by atoms with Crippen molar-refractivity contribution >= 4 is 5.91 Å². The number of nitrogens with two attached hydrogens (primary N) is 1. The molecule has 2 atom stereocenters. The van der Waals surface area contributed by atoms with Gasteiger partial charge in [0, 0.05) is 19.1 Å². The number of benzene rings is 1. The van der Waals surface area contributed by atoms with Gasteiger partial charge in [-0.05, 0) is 32.5 Å². The maximum Gasteiger partial charge on any atom is 0.244 e. The Morgan fingerprint density at radius 3 is 2.68 bits per heavy atom. The molecule has 0 saturated carbocycles. The summed E-state index contributed by atoms with van der Waals surface area (Å²) in [6.45, 7) is 4.84. The highest BCUT2D eigenvalue weighted by Gasteiger charge is 2.28. The molecule has 1 aromatic rings. The van der Waals surface area contributed by atoms with Crippen LogP contribution in [0.2, 0.25) is 0 Å². The predicted molar refractivity (Wildman–Crippen MR) is 76.7 cm³/mol. The van der Waals surface area contributed by atoms with Crippen LogP contribution in [0.1, 0.15) is 24.9 Å². The van der Waals surface area contributed by atoms with E-state index >= 15 is 0 Å². The lowest BCUT2D eigenvalue weighted by Crippen LogP contribution is -2.46. The molecule has 0 spiro atoms. The lowest BCUT2D eigenvalue weighted by atomic mass is 10.1. The molecule has 1 fully saturated rings. The Labute approximate surface area is 115 Å². The Balaban J connectivity index is 2.10. The fraction of sp³-hybridized carbons (Fsp3) is 0.533. The molecule has 1 aliphatic rings. The van der Waals surface area contributed by atoms with Crippen molar-refractivity contribution in [2.24, 2.45) is 5.73 Å². The number of hydrogen-bond acceptors (Lipinski definition) is 3. The summed E-state index contributed by atoms with van der Waals surface area (Å²) in [6, 6.07) is 9.27. The van der Waals surface area contributed by atoms with Gasteiger partial charge in [-0.3, -0.25) is 4.79 Å². The van der Waals surface area contributed by atoms with Crippen LogP contribution in [0.5, 0.6) is 0 Å². The van der Waals surface area contributed by atoms with Crippen molar-refractivity contribution in [2.75, 3.05) is 26.7 Å². The van der Waals surface area contributed by atoms with Crippen LogP contribution >= 0.6 is 0 Å². The van der Waals surface area contributed by atoms with Gasteiger partial charge in [-0.2, -0.15) is 0 Å². The number of amides is 1. The number of hydrogen-bond donors (Lipinski definition) is 1. The van der Waals surface area contributed by atoms with E-state index in [-0.39, 0.29) is 11.9 Å². The summed E-state index contributed by atoms with van der Waals surface area (Å²) in [7, 11) is 2.10. The molecule has 1 saturated heterocycles. The molecular weight excluding hydrogens is 238 g/mol. The maximum absolute atomic E-state index is 12.6. The van der Waals surface area contributed by atoms with Gasteiger partial charge < -0.3 is 15.5 Å². The van der Waals surface area contributed by atoms with Crippen LogP contribution in [0.15, 0.2) is 30.3 Å². The summed E-state index contributed by atoms with van der Waals surface area (Å²) in [5.41, 5.74) is 7.00. The smallest absolute Gasteiger partial charge is 0.244 e. The van der Waals surface area contributed by atoms with Crippen molar-refractivity contribution in [3.8, 4) is 0 Å². The van der Waals surface area contributed by atoms with Gasteiger partial charge in [0.2, 0.25) is 5.91 Å². The van der Waals surface area contributed by atoms with Gasteiger partial charge >= 0.3 is 0 Å². The number of carbonyl (C=O) groups excluding carboxylic acids is 1. The first kappa shape index (κ1) is 14.0. The predicted octanol–water partition coefficient (Wildman–Crippen LogP) is 1.24. The zero-order valence-electron chi connectivity index (χ0n) is 11.7. The molecule has 1 aliphatic heterocycles. The molecule has 4 heteroatoms. The average molecular weight is 261 g/mol. The summed E-state index contributed by atoms with van der Waals surface area (Å²) < 4.78 is 0. The van der Waals surface area contributed by atoms with Crippen LogP contribution in [0, 0.1) is 0 Å². The van der Waals surface area contributed by atoms with Crippen LogP contribution in [-0.2, 0) is 4.79 Å². The zero-order chi connectivity index (χ0) is 13.8. The van der Waals surface area contributed by atoms with Crippen LogP contribution in [0.4, 0.5) is 0 Å². The second-order valence-electron chi connectivity index (χ2n) is 5.38. The quantitative estimate of drug-likeness (QED) is 0.871. The van der Waals surface area contributed by atoms with Gasteiger partial charge in [0.05, 0.1) is 0 Å². The molecule has 1 unspecified atom stereocenters. The van der Waals surface area contributed by atoms with E-state index in [1.807, 2.05) is 35.2 Å². The van der Waals surface area contributed by atoms with Crippen molar-refractivity contribution < 1.29 is 4.79 Å². The second-order valence-corrected chi connectivity index (χ2v) is 5.38. The molecule has 0 radical (unpaired) electrons. The van der Waals surface area contributed by atoms with Gasteiger partial charge in [0.15, 0.2) is 0 Å². The molecule has 19 heavy (non-hydrogen) atoms. The first-order valence-corrected chi connectivity index (χ1v) is 6.89. The number of carbonyl (C=O) groups is 1. The third-order valence-electron chi connectivity index (χ3n) is 3.75. The van der Waals surface area contributed by atoms with Gasteiger partial charge in [0.25, 0.3) is 0 Å². The highest BCUT2D eigenvalue weighted by Crippen LogP contribution is 2.17. The maximum atomic E-state index is 12.6. The van der Waals surface area contributed by atoms with E-state index in [1.54, 1.807) is 0 Å². The van der Waals surface area contributed by atoms with Crippen LogP contribution in [0.3, 0.4) is 0 Å². The lowest BCUT2D eigenvalue weighted by molar-refractivity contribution is -0.134. The summed E-state index contributed by atoms with van der Waals surface area (Å²) in [6.07, 6.45) is 1.01. The molecule has 1 amide bonds. The number of likely N-dealkylation sites (N-methyl/N-ethyl adjacent to an activating group) is 1. The lowest BCUT2D eigenvalue weighted by Gasteiger charge is -2.30. The van der Waals surface area contributed by atoms with Crippen molar-refractivity contribution in [3.63, 3.8) is 0 Å². The van der Waals surface area contributed by atoms with Crippen LogP contribution in [0.25, 0.3) is 0 Å². The Morgan fingerprint density at radius 1 is 1.32 bits per heavy atom. The fourth-order valence-electron chi connectivity index (χ4n) is 2.68. The molecular formula is C15H23N3O. The van der Waals surface area contributed by atoms with E-state index in [0.717, 1.165) is 31.6 Å². The van der Waals surface area contributed by atoms with Gasteiger partial charge in [-0.25, -0.2) is 0 Å². The second kappa shape index (κ2) is 6.17. The first-order valence-electron chi connectivity index (χ1n) is 6.89. The Hall–Kier alpha value is -1.39. The van der Waals surface area contributed by atoms with E-state index in [2.05, 4.69) is 18.9 Å².